The molecule has 0 aromatic rings. The van der Waals surface area contributed by atoms with E-state index < -0.39 is 0 Å². The third kappa shape index (κ3) is 2.55. The van der Waals surface area contributed by atoms with Crippen molar-refractivity contribution in [3.63, 3.8) is 0 Å². The molecule has 0 spiro atoms. The van der Waals surface area contributed by atoms with Gasteiger partial charge in [-0.25, -0.2) is 0 Å². The average molecular weight is 199 g/mol. The predicted molar refractivity (Wildman–Crippen MR) is 56.3 cm³/mol. The van der Waals surface area contributed by atoms with Gasteiger partial charge in [0.05, 0.1) is 19.3 Å². The van der Waals surface area contributed by atoms with Gasteiger partial charge in [0.2, 0.25) is 0 Å². The van der Waals surface area contributed by atoms with Gasteiger partial charge >= 0.3 is 0 Å². The van der Waals surface area contributed by atoms with Gasteiger partial charge in [0, 0.05) is 18.5 Å². The number of hydrogen-bond donors (Lipinski definition) is 0. The highest BCUT2D eigenvalue weighted by atomic mass is 16.5. The molecule has 0 saturated carbocycles. The van der Waals surface area contributed by atoms with Crippen LogP contribution >= 0.6 is 0 Å². The lowest BCUT2D eigenvalue weighted by molar-refractivity contribution is -0.134. The van der Waals surface area contributed by atoms with Gasteiger partial charge in [-0.1, -0.05) is 13.8 Å². The van der Waals surface area contributed by atoms with Crippen LogP contribution in [0.5, 0.6) is 0 Å². The summed E-state index contributed by atoms with van der Waals surface area (Å²) >= 11 is 0. The average Bonchev–Trinajstić information content (AvgIpc) is 2.16. The second kappa shape index (κ2) is 4.89. The fraction of sp³-hybridized carbons (Fsp3) is 0.909. The lowest BCUT2D eigenvalue weighted by atomic mass is 9.99. The summed E-state index contributed by atoms with van der Waals surface area (Å²) in [6, 6.07) is 0.398. The Morgan fingerprint density at radius 3 is 2.50 bits per heavy atom. The molecule has 3 nitrogen and oxygen atoms in total. The first-order chi connectivity index (χ1) is 6.54. The van der Waals surface area contributed by atoms with Gasteiger partial charge in [-0.2, -0.15) is 0 Å². The molecule has 0 bridgehead atoms. The van der Waals surface area contributed by atoms with Crippen molar-refractivity contribution in [3.8, 4) is 0 Å². The highest BCUT2D eigenvalue weighted by Crippen LogP contribution is 2.15. The zero-order valence-corrected chi connectivity index (χ0v) is 9.62. The number of morpholine rings is 1. The Hall–Kier alpha value is -0.410. The van der Waals surface area contributed by atoms with E-state index in [0.717, 1.165) is 13.2 Å². The van der Waals surface area contributed by atoms with Gasteiger partial charge in [0.15, 0.2) is 5.78 Å². The molecular weight excluding hydrogens is 178 g/mol. The quantitative estimate of drug-likeness (QED) is 0.686. The minimum Gasteiger partial charge on any atom is -0.378 e. The van der Waals surface area contributed by atoms with Gasteiger partial charge in [-0.3, -0.25) is 9.69 Å². The summed E-state index contributed by atoms with van der Waals surface area (Å²) in [5.74, 6) is 0.404. The van der Waals surface area contributed by atoms with Crippen molar-refractivity contribution in [2.24, 2.45) is 5.92 Å². The first-order valence-corrected chi connectivity index (χ1v) is 5.41. The van der Waals surface area contributed by atoms with E-state index in [9.17, 15) is 4.79 Å². The first-order valence-electron chi connectivity index (χ1n) is 5.41. The van der Waals surface area contributed by atoms with E-state index in [1.165, 1.54) is 0 Å². The van der Waals surface area contributed by atoms with E-state index in [-0.39, 0.29) is 12.0 Å². The number of nitrogens with zero attached hydrogens (tertiary/aromatic N) is 1. The second-order valence-electron chi connectivity index (χ2n) is 4.48. The molecule has 0 radical (unpaired) electrons. The summed E-state index contributed by atoms with van der Waals surface area (Å²) in [6.45, 7) is 10.4. The Balaban J connectivity index is 2.67. The van der Waals surface area contributed by atoms with Crippen LogP contribution in [0.4, 0.5) is 0 Å². The highest BCUT2D eigenvalue weighted by Gasteiger charge is 2.31. The van der Waals surface area contributed by atoms with Crippen molar-refractivity contribution in [3.05, 3.63) is 0 Å². The predicted octanol–water partition coefficient (Wildman–Crippen LogP) is 1.32. The Morgan fingerprint density at radius 2 is 2.00 bits per heavy atom. The molecule has 1 aliphatic heterocycles. The minimum absolute atomic E-state index is 0.0243. The molecule has 0 amide bonds. The number of hydrogen-bond acceptors (Lipinski definition) is 3. The number of ether oxygens (including phenoxy) is 1. The summed E-state index contributed by atoms with van der Waals surface area (Å²) in [6.07, 6.45) is 0. The normalized spacial score (nSPS) is 24.6. The number of Topliss-reactive ketones (excluding diaryl/α,β-unsaturated/α-hetero) is 1. The molecule has 14 heavy (non-hydrogen) atoms. The third-order valence-corrected chi connectivity index (χ3v) is 2.73. The van der Waals surface area contributed by atoms with Crippen molar-refractivity contribution < 1.29 is 9.53 Å². The van der Waals surface area contributed by atoms with Crippen molar-refractivity contribution >= 4 is 5.78 Å². The van der Waals surface area contributed by atoms with Gasteiger partial charge in [0.1, 0.15) is 0 Å². The van der Waals surface area contributed by atoms with Gasteiger partial charge in [0.25, 0.3) is 0 Å². The molecule has 0 N–H and O–H groups in total. The lowest BCUT2D eigenvalue weighted by Crippen LogP contribution is -2.53. The van der Waals surface area contributed by atoms with Gasteiger partial charge < -0.3 is 4.74 Å². The summed E-state index contributed by atoms with van der Waals surface area (Å²) < 4.78 is 5.37. The zero-order valence-electron chi connectivity index (χ0n) is 9.62. The Kier molecular flexibility index (Phi) is 4.08. The SMILES string of the molecule is CC(C)C(=O)[C@H]1COCCN1C(C)C. The zero-order chi connectivity index (χ0) is 10.7. The van der Waals surface area contributed by atoms with E-state index in [4.69, 9.17) is 4.74 Å². The molecule has 1 fully saturated rings. The van der Waals surface area contributed by atoms with Crippen LogP contribution in [0.25, 0.3) is 0 Å². The van der Waals surface area contributed by atoms with Crippen molar-refractivity contribution in [1.82, 2.24) is 4.90 Å². The minimum atomic E-state index is -0.0243. The van der Waals surface area contributed by atoms with Crippen LogP contribution in [-0.2, 0) is 9.53 Å². The summed E-state index contributed by atoms with van der Waals surface area (Å²) in [5, 5.41) is 0. The van der Waals surface area contributed by atoms with Crippen molar-refractivity contribution in [2.45, 2.75) is 39.8 Å². The maximum absolute atomic E-state index is 11.9. The second-order valence-corrected chi connectivity index (χ2v) is 4.48. The molecule has 0 unspecified atom stereocenters. The third-order valence-electron chi connectivity index (χ3n) is 2.73. The maximum atomic E-state index is 11.9. The topological polar surface area (TPSA) is 29.5 Å². The molecule has 0 aromatic carbocycles. The Bertz CT molecular complexity index is 201. The fourth-order valence-corrected chi connectivity index (χ4v) is 1.86. The van der Waals surface area contributed by atoms with Crippen LogP contribution in [0, 0.1) is 5.92 Å². The molecule has 82 valence electrons. The van der Waals surface area contributed by atoms with Crippen LogP contribution in [0.2, 0.25) is 0 Å². The molecule has 1 aliphatic rings. The molecule has 1 heterocycles. The van der Waals surface area contributed by atoms with E-state index in [1.54, 1.807) is 0 Å². The number of rotatable bonds is 3. The molecule has 3 heteroatoms. The first kappa shape index (κ1) is 11.7. The number of carbonyl (C=O) groups is 1. The summed E-state index contributed by atoms with van der Waals surface area (Å²) in [5.41, 5.74) is 0. The number of ketones is 1. The Morgan fingerprint density at radius 1 is 1.36 bits per heavy atom. The van der Waals surface area contributed by atoms with E-state index in [2.05, 4.69) is 18.7 Å². The van der Waals surface area contributed by atoms with Crippen LogP contribution in [0.1, 0.15) is 27.7 Å². The summed E-state index contributed by atoms with van der Waals surface area (Å²) in [4.78, 5) is 14.1. The van der Waals surface area contributed by atoms with E-state index in [0.29, 0.717) is 18.4 Å². The molecular formula is C11H21NO2. The smallest absolute Gasteiger partial charge is 0.154 e. The van der Waals surface area contributed by atoms with Crippen LogP contribution < -0.4 is 0 Å². The Labute approximate surface area is 86.4 Å². The fourth-order valence-electron chi connectivity index (χ4n) is 1.86. The van der Waals surface area contributed by atoms with Gasteiger partial charge in [-0.15, -0.1) is 0 Å². The molecule has 0 aromatic heterocycles. The largest absolute Gasteiger partial charge is 0.378 e. The van der Waals surface area contributed by atoms with Crippen LogP contribution in [0.15, 0.2) is 0 Å². The molecule has 0 aliphatic carbocycles. The van der Waals surface area contributed by atoms with E-state index >= 15 is 0 Å². The van der Waals surface area contributed by atoms with Crippen LogP contribution in [-0.4, -0.2) is 42.5 Å². The van der Waals surface area contributed by atoms with Crippen molar-refractivity contribution in [2.75, 3.05) is 19.8 Å². The molecule has 1 atom stereocenters. The summed E-state index contributed by atoms with van der Waals surface area (Å²) in [7, 11) is 0. The van der Waals surface area contributed by atoms with Crippen LogP contribution in [0.3, 0.4) is 0 Å². The standard InChI is InChI=1S/C11H21NO2/c1-8(2)11(13)10-7-14-6-5-12(10)9(3)4/h8-10H,5-7H2,1-4H3/t10-/m1/s1. The maximum Gasteiger partial charge on any atom is 0.154 e. The van der Waals surface area contributed by atoms with Crippen molar-refractivity contribution in [1.29, 1.82) is 0 Å². The highest BCUT2D eigenvalue weighted by molar-refractivity contribution is 5.86. The monoisotopic (exact) mass is 199 g/mol. The lowest BCUT2D eigenvalue weighted by Gasteiger charge is -2.38. The van der Waals surface area contributed by atoms with E-state index in [1.807, 2.05) is 13.8 Å². The molecule has 1 rings (SSSR count). The molecule has 1 saturated heterocycles. The van der Waals surface area contributed by atoms with Gasteiger partial charge in [-0.05, 0) is 13.8 Å². The number of carbonyl (C=O) groups excluding carboxylic acids is 1.